The van der Waals surface area contributed by atoms with Crippen LogP contribution in [0.4, 0.5) is 13.2 Å². The number of hydrogen-bond acceptors (Lipinski definition) is 3. The molecule has 0 spiro atoms. The van der Waals surface area contributed by atoms with Gasteiger partial charge < -0.3 is 0 Å². The van der Waals surface area contributed by atoms with Crippen molar-refractivity contribution in [3.05, 3.63) is 11.4 Å². The lowest BCUT2D eigenvalue weighted by Crippen LogP contribution is -2.10. The Labute approximate surface area is 81.5 Å². The van der Waals surface area contributed by atoms with E-state index in [1.54, 1.807) is 0 Å². The highest BCUT2D eigenvalue weighted by Crippen LogP contribution is 2.35. The zero-order chi connectivity index (χ0) is 11.1. The fourth-order valence-corrected chi connectivity index (χ4v) is 2.28. The van der Waals surface area contributed by atoms with Gasteiger partial charge in [-0.25, -0.2) is 8.42 Å². The first-order chi connectivity index (χ1) is 6.14. The van der Waals surface area contributed by atoms with Crippen molar-refractivity contribution in [3.8, 4) is 0 Å². The zero-order valence-electron chi connectivity index (χ0n) is 6.68. The molecule has 0 atom stereocenters. The van der Waals surface area contributed by atoms with Crippen LogP contribution in [0.5, 0.6) is 0 Å². The summed E-state index contributed by atoms with van der Waals surface area (Å²) in [5.41, 5.74) is -1.77. The van der Waals surface area contributed by atoms with Gasteiger partial charge in [-0.05, 0) is 6.92 Å². The van der Waals surface area contributed by atoms with E-state index in [4.69, 9.17) is 10.7 Å². The SMILES string of the molecule is Cc1[nH]nc(C(F)(F)F)c1S(=O)(=O)Cl. The number of halogens is 4. The first-order valence-electron chi connectivity index (χ1n) is 3.21. The topological polar surface area (TPSA) is 62.8 Å². The molecular formula is C5H4ClF3N2O2S. The normalized spacial score (nSPS) is 13.2. The van der Waals surface area contributed by atoms with E-state index in [2.05, 4.69) is 5.10 Å². The number of aromatic nitrogens is 2. The third kappa shape index (κ3) is 2.01. The molecular weight excluding hydrogens is 245 g/mol. The molecule has 0 saturated heterocycles. The predicted octanol–water partition coefficient (Wildman–Crippen LogP) is 1.66. The zero-order valence-corrected chi connectivity index (χ0v) is 8.26. The van der Waals surface area contributed by atoms with Crippen molar-refractivity contribution in [2.24, 2.45) is 0 Å². The van der Waals surface area contributed by atoms with E-state index >= 15 is 0 Å². The highest BCUT2D eigenvalue weighted by Gasteiger charge is 2.41. The van der Waals surface area contributed by atoms with Crippen LogP contribution in [-0.2, 0) is 15.2 Å². The lowest BCUT2D eigenvalue weighted by molar-refractivity contribution is -0.143. The molecule has 1 aromatic rings. The summed E-state index contributed by atoms with van der Waals surface area (Å²) in [6.07, 6.45) is -4.85. The number of alkyl halides is 3. The summed E-state index contributed by atoms with van der Waals surface area (Å²) in [6.45, 7) is 1.14. The molecule has 0 aliphatic heterocycles. The van der Waals surface area contributed by atoms with Crippen molar-refractivity contribution in [2.45, 2.75) is 18.0 Å². The lowest BCUT2D eigenvalue weighted by Gasteiger charge is -2.03. The second-order valence-corrected chi connectivity index (χ2v) is 4.96. The minimum absolute atomic E-state index is 0.243. The smallest absolute Gasteiger partial charge is 0.281 e. The molecule has 0 aliphatic carbocycles. The van der Waals surface area contributed by atoms with E-state index in [9.17, 15) is 21.6 Å². The Morgan fingerprint density at radius 1 is 1.43 bits per heavy atom. The predicted molar refractivity (Wildman–Crippen MR) is 41.4 cm³/mol. The Morgan fingerprint density at radius 3 is 2.21 bits per heavy atom. The van der Waals surface area contributed by atoms with Crippen LogP contribution >= 0.6 is 10.7 Å². The molecule has 0 amide bonds. The minimum Gasteiger partial charge on any atom is -0.281 e. The van der Waals surface area contributed by atoms with Gasteiger partial charge in [-0.2, -0.15) is 18.3 Å². The molecule has 14 heavy (non-hydrogen) atoms. The third-order valence-corrected chi connectivity index (χ3v) is 2.85. The van der Waals surface area contributed by atoms with Crippen LogP contribution in [0.2, 0.25) is 0 Å². The molecule has 0 fully saturated rings. The fraction of sp³-hybridized carbons (Fsp3) is 0.400. The van der Waals surface area contributed by atoms with Crippen LogP contribution in [0.1, 0.15) is 11.4 Å². The highest BCUT2D eigenvalue weighted by molar-refractivity contribution is 8.13. The van der Waals surface area contributed by atoms with Gasteiger partial charge in [0.25, 0.3) is 9.05 Å². The van der Waals surface area contributed by atoms with Crippen molar-refractivity contribution >= 4 is 19.7 Å². The molecule has 0 radical (unpaired) electrons. The molecule has 1 aromatic heterocycles. The van der Waals surface area contributed by atoms with Gasteiger partial charge in [-0.3, -0.25) is 5.10 Å². The molecule has 9 heteroatoms. The first kappa shape index (κ1) is 11.3. The summed E-state index contributed by atoms with van der Waals surface area (Å²) in [7, 11) is 0.383. The van der Waals surface area contributed by atoms with Gasteiger partial charge in [0.05, 0.1) is 5.69 Å². The maximum Gasteiger partial charge on any atom is 0.436 e. The number of nitrogens with one attached hydrogen (secondary N) is 1. The van der Waals surface area contributed by atoms with Gasteiger partial charge in [0, 0.05) is 10.7 Å². The Balaban J connectivity index is 3.51. The summed E-state index contributed by atoms with van der Waals surface area (Å²) in [4.78, 5) is -1.02. The van der Waals surface area contributed by atoms with E-state index in [1.807, 2.05) is 5.10 Å². The van der Waals surface area contributed by atoms with Crippen LogP contribution in [0.15, 0.2) is 4.90 Å². The fourth-order valence-electron chi connectivity index (χ4n) is 0.909. The van der Waals surface area contributed by atoms with Crippen molar-refractivity contribution in [1.29, 1.82) is 0 Å². The average Bonchev–Trinajstić information content (AvgIpc) is 2.27. The summed E-state index contributed by atoms with van der Waals surface area (Å²) in [5.74, 6) is 0. The molecule has 0 bridgehead atoms. The minimum atomic E-state index is -4.85. The summed E-state index contributed by atoms with van der Waals surface area (Å²) >= 11 is 0. The molecule has 0 aliphatic rings. The van der Waals surface area contributed by atoms with E-state index in [1.165, 1.54) is 0 Å². The summed E-state index contributed by atoms with van der Waals surface area (Å²) < 4.78 is 58.1. The summed E-state index contributed by atoms with van der Waals surface area (Å²) in [6, 6.07) is 0. The van der Waals surface area contributed by atoms with Crippen LogP contribution in [0.25, 0.3) is 0 Å². The van der Waals surface area contributed by atoms with Gasteiger partial charge in [0.1, 0.15) is 4.90 Å². The Morgan fingerprint density at radius 2 is 1.93 bits per heavy atom. The van der Waals surface area contributed by atoms with E-state index < -0.39 is 25.8 Å². The van der Waals surface area contributed by atoms with Crippen LogP contribution < -0.4 is 0 Å². The monoisotopic (exact) mass is 248 g/mol. The third-order valence-electron chi connectivity index (χ3n) is 1.40. The maximum atomic E-state index is 12.2. The second kappa shape index (κ2) is 3.13. The number of hydrogen-bond donors (Lipinski definition) is 1. The van der Waals surface area contributed by atoms with Crippen molar-refractivity contribution in [3.63, 3.8) is 0 Å². The van der Waals surface area contributed by atoms with Gasteiger partial charge in [-0.1, -0.05) is 0 Å². The summed E-state index contributed by atoms with van der Waals surface area (Å²) in [5, 5.41) is 4.76. The lowest BCUT2D eigenvalue weighted by atomic mass is 10.3. The Kier molecular flexibility index (Phi) is 2.53. The van der Waals surface area contributed by atoms with Crippen LogP contribution in [0, 0.1) is 6.92 Å². The van der Waals surface area contributed by atoms with Crippen molar-refractivity contribution in [2.75, 3.05) is 0 Å². The second-order valence-electron chi connectivity index (χ2n) is 2.46. The molecule has 0 unspecified atom stereocenters. The number of nitrogens with zero attached hydrogens (tertiary/aromatic N) is 1. The van der Waals surface area contributed by atoms with Gasteiger partial charge >= 0.3 is 6.18 Å². The highest BCUT2D eigenvalue weighted by atomic mass is 35.7. The number of aromatic amines is 1. The van der Waals surface area contributed by atoms with Crippen molar-refractivity contribution < 1.29 is 21.6 Å². The number of aryl methyl sites for hydroxylation is 1. The molecule has 1 N–H and O–H groups in total. The van der Waals surface area contributed by atoms with Crippen LogP contribution in [-0.4, -0.2) is 18.6 Å². The maximum absolute atomic E-state index is 12.2. The number of H-pyrrole nitrogens is 1. The molecule has 0 saturated carbocycles. The molecule has 0 aromatic carbocycles. The van der Waals surface area contributed by atoms with E-state index in [0.717, 1.165) is 6.92 Å². The van der Waals surface area contributed by atoms with E-state index in [0.29, 0.717) is 0 Å². The quantitative estimate of drug-likeness (QED) is 0.769. The Hall–Kier alpha value is -0.760. The molecule has 1 rings (SSSR count). The standard InChI is InChI=1S/C5H4ClF3N2O2S/c1-2-3(14(6,12)13)4(11-10-2)5(7,8)9/h1H3,(H,10,11). The molecule has 80 valence electrons. The molecule has 1 heterocycles. The largest absolute Gasteiger partial charge is 0.436 e. The van der Waals surface area contributed by atoms with E-state index in [-0.39, 0.29) is 5.69 Å². The average molecular weight is 249 g/mol. The molecule has 4 nitrogen and oxygen atoms in total. The van der Waals surface area contributed by atoms with Crippen LogP contribution in [0.3, 0.4) is 0 Å². The van der Waals surface area contributed by atoms with Crippen molar-refractivity contribution in [1.82, 2.24) is 10.2 Å². The number of rotatable bonds is 1. The van der Waals surface area contributed by atoms with Gasteiger partial charge in [0.15, 0.2) is 5.69 Å². The van der Waals surface area contributed by atoms with Gasteiger partial charge in [0.2, 0.25) is 0 Å². The first-order valence-corrected chi connectivity index (χ1v) is 5.52. The Bertz CT molecular complexity index is 450. The van der Waals surface area contributed by atoms with Gasteiger partial charge in [-0.15, -0.1) is 0 Å².